The topological polar surface area (TPSA) is 71.2 Å². The highest BCUT2D eigenvalue weighted by Crippen LogP contribution is 2.33. The number of aryl methyl sites for hydroxylation is 2. The van der Waals surface area contributed by atoms with Crippen LogP contribution in [-0.2, 0) is 19.5 Å². The van der Waals surface area contributed by atoms with E-state index in [0.29, 0.717) is 34.0 Å². The van der Waals surface area contributed by atoms with Crippen LogP contribution in [0.15, 0.2) is 85.6 Å². The quantitative estimate of drug-likeness (QED) is 0.177. The molecule has 0 amide bonds. The number of pyridine rings is 1. The van der Waals surface area contributed by atoms with E-state index in [1.165, 1.54) is 29.0 Å². The van der Waals surface area contributed by atoms with Crippen molar-refractivity contribution in [1.82, 2.24) is 19.4 Å². The number of hydrogen-bond donors (Lipinski definition) is 1. The largest absolute Gasteiger partial charge is 0.478 e. The van der Waals surface area contributed by atoms with Gasteiger partial charge in [-0.1, -0.05) is 65.7 Å². The first-order valence-corrected chi connectivity index (χ1v) is 15.6. The standard InChI is InChI=1S/C36H34Cl2N4O2/c1-23(2)26-6-3-24(4-7-26)10-16-42-34-8-5-25(17-32(34)40-35(42)33-20-28(36(43)44)9-13-39-33)22-41-14-11-27(12-15-41)29-18-30(37)21-31(38)19-29/h3-9,13,17-21,27H,1,10-12,14-16,22H2,2H3,(H,43,44). The third-order valence-corrected chi connectivity index (χ3v) is 8.91. The predicted octanol–water partition coefficient (Wildman–Crippen LogP) is 8.76. The van der Waals surface area contributed by atoms with Crippen LogP contribution in [0.1, 0.15) is 58.3 Å². The van der Waals surface area contributed by atoms with Gasteiger partial charge in [0, 0.05) is 29.3 Å². The lowest BCUT2D eigenvalue weighted by atomic mass is 9.89. The van der Waals surface area contributed by atoms with Gasteiger partial charge in [0.15, 0.2) is 5.82 Å². The van der Waals surface area contributed by atoms with Gasteiger partial charge in [0.05, 0.1) is 16.6 Å². The molecule has 3 heterocycles. The second-order valence-electron chi connectivity index (χ2n) is 11.6. The smallest absolute Gasteiger partial charge is 0.335 e. The monoisotopic (exact) mass is 624 g/mol. The lowest BCUT2D eigenvalue weighted by molar-refractivity contribution is 0.0696. The third-order valence-electron chi connectivity index (χ3n) is 8.47. The van der Waals surface area contributed by atoms with Crippen LogP contribution in [0, 0.1) is 0 Å². The number of allylic oxidation sites excluding steroid dienone is 1. The van der Waals surface area contributed by atoms with E-state index in [2.05, 4.69) is 63.5 Å². The number of imidazole rings is 1. The fourth-order valence-corrected chi connectivity index (χ4v) is 6.61. The molecule has 6 rings (SSSR count). The highest BCUT2D eigenvalue weighted by molar-refractivity contribution is 6.34. The van der Waals surface area contributed by atoms with E-state index in [0.717, 1.165) is 61.1 Å². The molecule has 0 spiro atoms. The maximum Gasteiger partial charge on any atom is 0.335 e. The molecule has 1 aliphatic rings. The van der Waals surface area contributed by atoms with Crippen LogP contribution in [-0.4, -0.2) is 43.6 Å². The number of aromatic carboxylic acids is 1. The number of benzene rings is 3. The van der Waals surface area contributed by atoms with Gasteiger partial charge in [-0.2, -0.15) is 0 Å². The van der Waals surface area contributed by atoms with Crippen LogP contribution in [0.3, 0.4) is 0 Å². The van der Waals surface area contributed by atoms with Gasteiger partial charge < -0.3 is 9.67 Å². The van der Waals surface area contributed by atoms with E-state index in [-0.39, 0.29) is 5.56 Å². The van der Waals surface area contributed by atoms with Gasteiger partial charge in [-0.15, -0.1) is 0 Å². The highest BCUT2D eigenvalue weighted by atomic mass is 35.5. The van der Waals surface area contributed by atoms with Gasteiger partial charge in [-0.25, -0.2) is 9.78 Å². The molecule has 1 fully saturated rings. The summed E-state index contributed by atoms with van der Waals surface area (Å²) in [7, 11) is 0. The fraction of sp³-hybridized carbons (Fsp3) is 0.250. The van der Waals surface area contributed by atoms with Gasteiger partial charge in [-0.3, -0.25) is 9.88 Å². The van der Waals surface area contributed by atoms with E-state index in [9.17, 15) is 9.90 Å². The minimum atomic E-state index is -0.988. The minimum Gasteiger partial charge on any atom is -0.478 e. The minimum absolute atomic E-state index is 0.188. The summed E-state index contributed by atoms with van der Waals surface area (Å²) >= 11 is 12.5. The first kappa shape index (κ1) is 30.1. The zero-order chi connectivity index (χ0) is 30.8. The molecule has 2 aromatic heterocycles. The molecule has 0 bridgehead atoms. The number of carboxylic acid groups (broad SMARTS) is 1. The number of carbonyl (C=O) groups is 1. The van der Waals surface area contributed by atoms with Crippen molar-refractivity contribution in [2.24, 2.45) is 0 Å². The van der Waals surface area contributed by atoms with Gasteiger partial charge >= 0.3 is 5.97 Å². The Kier molecular flexibility index (Phi) is 8.85. The van der Waals surface area contributed by atoms with Crippen molar-refractivity contribution in [1.29, 1.82) is 0 Å². The van der Waals surface area contributed by atoms with Gasteiger partial charge in [0.25, 0.3) is 0 Å². The molecule has 0 radical (unpaired) electrons. The molecule has 0 atom stereocenters. The Bertz CT molecular complexity index is 1820. The Morgan fingerprint density at radius 2 is 1.64 bits per heavy atom. The molecule has 6 nitrogen and oxygen atoms in total. The number of halogens is 2. The Labute approximate surface area is 267 Å². The molecule has 0 unspecified atom stereocenters. The molecule has 0 aliphatic carbocycles. The maximum atomic E-state index is 11.7. The maximum absolute atomic E-state index is 11.7. The summed E-state index contributed by atoms with van der Waals surface area (Å²) in [5.74, 6) is 0.132. The van der Waals surface area contributed by atoms with Crippen LogP contribution in [0.4, 0.5) is 0 Å². The summed E-state index contributed by atoms with van der Waals surface area (Å²) < 4.78 is 2.15. The number of carboxylic acids is 1. The van der Waals surface area contributed by atoms with Crippen molar-refractivity contribution in [3.63, 3.8) is 0 Å². The number of rotatable bonds is 9. The highest BCUT2D eigenvalue weighted by Gasteiger charge is 2.22. The summed E-state index contributed by atoms with van der Waals surface area (Å²) in [4.78, 5) is 23.7. The van der Waals surface area contributed by atoms with Crippen molar-refractivity contribution < 1.29 is 9.90 Å². The van der Waals surface area contributed by atoms with Crippen molar-refractivity contribution >= 4 is 45.8 Å². The van der Waals surface area contributed by atoms with E-state index < -0.39 is 5.97 Å². The summed E-state index contributed by atoms with van der Waals surface area (Å²) in [5.41, 5.74) is 8.39. The number of likely N-dealkylation sites (tertiary alicyclic amines) is 1. The van der Waals surface area contributed by atoms with Gasteiger partial charge in [0.2, 0.25) is 0 Å². The first-order valence-electron chi connectivity index (χ1n) is 14.9. The molecule has 1 saturated heterocycles. The Morgan fingerprint density at radius 3 is 2.32 bits per heavy atom. The normalized spacial score (nSPS) is 14.2. The lowest BCUT2D eigenvalue weighted by Gasteiger charge is -2.32. The average molecular weight is 626 g/mol. The molecular formula is C36H34Cl2N4O2. The SMILES string of the molecule is C=C(C)c1ccc(CCn2c(-c3cc(C(=O)O)ccn3)nc3cc(CN4CCC(c5cc(Cl)cc(Cl)c5)CC4)ccc32)cc1. The van der Waals surface area contributed by atoms with Gasteiger partial charge in [0.1, 0.15) is 5.69 Å². The molecule has 1 aliphatic heterocycles. The van der Waals surface area contributed by atoms with Crippen LogP contribution in [0.5, 0.6) is 0 Å². The van der Waals surface area contributed by atoms with E-state index in [1.807, 2.05) is 19.1 Å². The fourth-order valence-electron chi connectivity index (χ4n) is 6.07. The first-order chi connectivity index (χ1) is 21.2. The lowest BCUT2D eigenvalue weighted by Crippen LogP contribution is -2.32. The summed E-state index contributed by atoms with van der Waals surface area (Å²) in [6.45, 7) is 9.53. The van der Waals surface area contributed by atoms with Crippen molar-refractivity contribution in [3.05, 3.63) is 123 Å². The van der Waals surface area contributed by atoms with Crippen LogP contribution in [0.2, 0.25) is 10.0 Å². The molecule has 0 saturated carbocycles. The molecular weight excluding hydrogens is 591 g/mol. The van der Waals surface area contributed by atoms with E-state index in [1.54, 1.807) is 12.1 Å². The summed E-state index contributed by atoms with van der Waals surface area (Å²) in [5, 5.41) is 11.0. The molecule has 3 aromatic carbocycles. The van der Waals surface area contributed by atoms with E-state index >= 15 is 0 Å². The van der Waals surface area contributed by atoms with E-state index in [4.69, 9.17) is 28.2 Å². The number of nitrogens with zero attached hydrogens (tertiary/aromatic N) is 4. The van der Waals surface area contributed by atoms with Crippen LogP contribution in [0.25, 0.3) is 28.1 Å². The summed E-state index contributed by atoms with van der Waals surface area (Å²) in [6, 6.07) is 23.9. The number of hydrogen-bond acceptors (Lipinski definition) is 4. The zero-order valence-corrected chi connectivity index (χ0v) is 26.2. The molecule has 1 N–H and O–H groups in total. The predicted molar refractivity (Wildman–Crippen MR) is 178 cm³/mol. The Hall–Kier alpha value is -3.97. The van der Waals surface area contributed by atoms with Crippen molar-refractivity contribution in [2.75, 3.05) is 13.1 Å². The second-order valence-corrected chi connectivity index (χ2v) is 12.5. The molecule has 224 valence electrons. The average Bonchev–Trinajstić information content (AvgIpc) is 3.38. The van der Waals surface area contributed by atoms with Gasteiger partial charge in [-0.05, 0) is 110 Å². The van der Waals surface area contributed by atoms with Crippen molar-refractivity contribution in [3.8, 4) is 11.5 Å². The number of piperidine rings is 1. The third kappa shape index (κ3) is 6.73. The number of fused-ring (bicyclic) bond motifs is 1. The molecule has 5 aromatic rings. The van der Waals surface area contributed by atoms with Crippen LogP contribution >= 0.6 is 23.2 Å². The summed E-state index contributed by atoms with van der Waals surface area (Å²) in [6.07, 6.45) is 4.43. The second kappa shape index (κ2) is 12.9. The van der Waals surface area contributed by atoms with Crippen molar-refractivity contribution in [2.45, 2.75) is 45.2 Å². The molecule has 44 heavy (non-hydrogen) atoms. The number of aromatic nitrogens is 3. The molecule has 8 heteroatoms. The van der Waals surface area contributed by atoms with Crippen LogP contribution < -0.4 is 0 Å². The zero-order valence-electron chi connectivity index (χ0n) is 24.6. The Balaban J connectivity index is 1.24. The Morgan fingerprint density at radius 1 is 0.932 bits per heavy atom.